The van der Waals surface area contributed by atoms with E-state index in [2.05, 4.69) is 16.4 Å². The van der Waals surface area contributed by atoms with Crippen molar-refractivity contribution in [3.05, 3.63) is 58.3 Å². The van der Waals surface area contributed by atoms with Crippen molar-refractivity contribution in [2.45, 2.75) is 6.42 Å². The van der Waals surface area contributed by atoms with Gasteiger partial charge in [0, 0.05) is 23.1 Å². The average molecular weight is 242 g/mol. The topological polar surface area (TPSA) is 34.4 Å². The van der Waals surface area contributed by atoms with E-state index < -0.39 is 0 Å². The average Bonchev–Trinajstić information content (AvgIpc) is 2.99. The predicted octanol–water partition coefficient (Wildman–Crippen LogP) is 2.80. The molecule has 0 saturated carbocycles. The van der Waals surface area contributed by atoms with Gasteiger partial charge in [-0.15, -0.1) is 11.3 Å². The largest absolute Gasteiger partial charge is 0.303 e. The van der Waals surface area contributed by atoms with Crippen LogP contribution in [0.3, 0.4) is 0 Å². The third-order valence-electron chi connectivity index (χ3n) is 2.68. The highest BCUT2D eigenvalue weighted by Crippen LogP contribution is 2.16. The molecule has 0 aliphatic heterocycles. The molecule has 0 unspecified atom stereocenters. The van der Waals surface area contributed by atoms with Gasteiger partial charge in [-0.05, 0) is 23.6 Å². The van der Waals surface area contributed by atoms with Gasteiger partial charge in [-0.1, -0.05) is 6.07 Å². The highest BCUT2D eigenvalue weighted by atomic mass is 32.1. The quantitative estimate of drug-likeness (QED) is 0.662. The number of pyridine rings is 1. The fourth-order valence-electron chi connectivity index (χ4n) is 1.85. The van der Waals surface area contributed by atoms with Crippen LogP contribution in [0.5, 0.6) is 0 Å². The Morgan fingerprint density at radius 1 is 1.41 bits per heavy atom. The Balaban J connectivity index is 2.03. The minimum atomic E-state index is 0.681. The Morgan fingerprint density at radius 2 is 2.35 bits per heavy atom. The summed E-state index contributed by atoms with van der Waals surface area (Å²) >= 11 is 1.73. The van der Waals surface area contributed by atoms with Gasteiger partial charge in [0.25, 0.3) is 0 Å². The number of aromatic nitrogens is 2. The van der Waals surface area contributed by atoms with Gasteiger partial charge < -0.3 is 4.40 Å². The van der Waals surface area contributed by atoms with Crippen LogP contribution in [0.4, 0.5) is 0 Å². The summed E-state index contributed by atoms with van der Waals surface area (Å²) in [6.07, 6.45) is 5.38. The van der Waals surface area contributed by atoms with Crippen LogP contribution in [0, 0.1) is 0 Å². The zero-order chi connectivity index (χ0) is 11.7. The molecule has 0 aliphatic carbocycles. The number of hydrogen-bond donors (Lipinski definition) is 0. The lowest BCUT2D eigenvalue weighted by Crippen LogP contribution is -1.95. The molecule has 0 amide bonds. The standard InChI is InChI=1S/C13H10N2OS/c16-9-10-3-4-15-11(6-10)8-14-13(15)7-12-2-1-5-17-12/h1-6,8-9H,7H2. The Morgan fingerprint density at radius 3 is 3.12 bits per heavy atom. The molecule has 3 rings (SSSR count). The third kappa shape index (κ3) is 1.87. The molecule has 3 nitrogen and oxygen atoms in total. The molecule has 3 aromatic heterocycles. The van der Waals surface area contributed by atoms with Crippen molar-refractivity contribution in [2.24, 2.45) is 0 Å². The Kier molecular flexibility index (Phi) is 2.49. The van der Waals surface area contributed by atoms with Gasteiger partial charge in [0.15, 0.2) is 0 Å². The lowest BCUT2D eigenvalue weighted by atomic mass is 10.2. The fraction of sp³-hybridized carbons (Fsp3) is 0.0769. The van der Waals surface area contributed by atoms with Crippen molar-refractivity contribution in [1.29, 1.82) is 0 Å². The summed E-state index contributed by atoms with van der Waals surface area (Å²) in [6, 6.07) is 7.79. The molecule has 0 aromatic carbocycles. The van der Waals surface area contributed by atoms with E-state index in [9.17, 15) is 4.79 Å². The molecule has 0 N–H and O–H groups in total. The number of thiophene rings is 1. The molecule has 3 heterocycles. The van der Waals surface area contributed by atoms with Crippen LogP contribution in [-0.4, -0.2) is 15.7 Å². The number of nitrogens with zero attached hydrogens (tertiary/aromatic N) is 2. The second kappa shape index (κ2) is 4.14. The maximum absolute atomic E-state index is 10.7. The summed E-state index contributed by atoms with van der Waals surface area (Å²) in [5, 5.41) is 2.07. The van der Waals surface area contributed by atoms with Crippen LogP contribution in [0.1, 0.15) is 21.1 Å². The molecule has 0 bridgehead atoms. The van der Waals surface area contributed by atoms with Gasteiger partial charge >= 0.3 is 0 Å². The molecular weight excluding hydrogens is 232 g/mol. The number of carbonyl (C=O) groups excluding carboxylic acids is 1. The highest BCUT2D eigenvalue weighted by molar-refractivity contribution is 7.09. The first-order chi connectivity index (χ1) is 8.36. The zero-order valence-electron chi connectivity index (χ0n) is 9.04. The van der Waals surface area contributed by atoms with Gasteiger partial charge in [0.05, 0.1) is 11.7 Å². The minimum absolute atomic E-state index is 0.681. The first kappa shape index (κ1) is 10.2. The smallest absolute Gasteiger partial charge is 0.150 e. The van der Waals surface area contributed by atoms with Gasteiger partial charge in [0.2, 0.25) is 0 Å². The van der Waals surface area contributed by atoms with Crippen molar-refractivity contribution in [1.82, 2.24) is 9.38 Å². The Labute approximate surface area is 102 Å². The monoisotopic (exact) mass is 242 g/mol. The summed E-state index contributed by atoms with van der Waals surface area (Å²) in [5.41, 5.74) is 1.64. The molecule has 0 saturated heterocycles. The van der Waals surface area contributed by atoms with Crippen molar-refractivity contribution in [3.63, 3.8) is 0 Å². The molecule has 0 radical (unpaired) electrons. The molecule has 0 spiro atoms. The van der Waals surface area contributed by atoms with Crippen LogP contribution in [0.2, 0.25) is 0 Å². The van der Waals surface area contributed by atoms with Crippen molar-refractivity contribution in [3.8, 4) is 0 Å². The van der Waals surface area contributed by atoms with E-state index in [0.29, 0.717) is 5.56 Å². The summed E-state index contributed by atoms with van der Waals surface area (Å²) in [4.78, 5) is 16.4. The van der Waals surface area contributed by atoms with E-state index in [1.807, 2.05) is 22.7 Å². The molecular formula is C13H10N2OS. The van der Waals surface area contributed by atoms with Gasteiger partial charge in [0.1, 0.15) is 12.1 Å². The Hall–Kier alpha value is -1.94. The molecule has 0 aliphatic rings. The second-order valence-corrected chi connectivity index (χ2v) is 4.84. The van der Waals surface area contributed by atoms with Crippen LogP contribution in [-0.2, 0) is 6.42 Å². The number of rotatable bonds is 3. The minimum Gasteiger partial charge on any atom is -0.303 e. The second-order valence-electron chi connectivity index (χ2n) is 3.80. The normalized spacial score (nSPS) is 10.8. The van der Waals surface area contributed by atoms with Gasteiger partial charge in [-0.25, -0.2) is 4.98 Å². The summed E-state index contributed by atoms with van der Waals surface area (Å²) in [6.45, 7) is 0. The molecule has 4 heteroatoms. The molecule has 0 fully saturated rings. The van der Waals surface area contributed by atoms with Crippen LogP contribution in [0.15, 0.2) is 42.0 Å². The molecule has 3 aromatic rings. The van der Waals surface area contributed by atoms with Gasteiger partial charge in [-0.2, -0.15) is 0 Å². The maximum Gasteiger partial charge on any atom is 0.150 e. The molecule has 84 valence electrons. The summed E-state index contributed by atoms with van der Waals surface area (Å²) < 4.78 is 2.02. The van der Waals surface area contributed by atoms with Crippen molar-refractivity contribution >= 4 is 23.1 Å². The first-order valence-corrected chi connectivity index (χ1v) is 6.18. The van der Waals surface area contributed by atoms with E-state index >= 15 is 0 Å². The van der Waals surface area contributed by atoms with Gasteiger partial charge in [-0.3, -0.25) is 4.79 Å². The number of carbonyl (C=O) groups is 1. The lowest BCUT2D eigenvalue weighted by Gasteiger charge is -2.00. The predicted molar refractivity (Wildman–Crippen MR) is 67.7 cm³/mol. The van der Waals surface area contributed by atoms with E-state index in [4.69, 9.17) is 0 Å². The highest BCUT2D eigenvalue weighted by Gasteiger charge is 2.05. The van der Waals surface area contributed by atoms with E-state index in [1.165, 1.54) is 4.88 Å². The number of imidazole rings is 1. The molecule has 17 heavy (non-hydrogen) atoms. The lowest BCUT2D eigenvalue weighted by molar-refractivity contribution is 0.112. The van der Waals surface area contributed by atoms with Crippen LogP contribution < -0.4 is 0 Å². The first-order valence-electron chi connectivity index (χ1n) is 5.30. The van der Waals surface area contributed by atoms with Crippen molar-refractivity contribution in [2.75, 3.05) is 0 Å². The summed E-state index contributed by atoms with van der Waals surface area (Å²) in [5.74, 6) is 1.000. The van der Waals surface area contributed by atoms with Crippen LogP contribution in [0.25, 0.3) is 5.52 Å². The number of aldehydes is 1. The zero-order valence-corrected chi connectivity index (χ0v) is 9.85. The van der Waals surface area contributed by atoms with E-state index in [-0.39, 0.29) is 0 Å². The fourth-order valence-corrected chi connectivity index (χ4v) is 2.55. The summed E-state index contributed by atoms with van der Waals surface area (Å²) in [7, 11) is 0. The van der Waals surface area contributed by atoms with Crippen LogP contribution >= 0.6 is 11.3 Å². The number of fused-ring (bicyclic) bond motifs is 1. The van der Waals surface area contributed by atoms with Crippen molar-refractivity contribution < 1.29 is 4.79 Å². The Bertz CT molecular complexity index is 655. The SMILES string of the molecule is O=Cc1ccn2c(Cc3cccs3)ncc2c1. The third-order valence-corrected chi connectivity index (χ3v) is 3.56. The number of hydrogen-bond acceptors (Lipinski definition) is 3. The maximum atomic E-state index is 10.7. The van der Waals surface area contributed by atoms with E-state index in [1.54, 1.807) is 23.6 Å². The molecule has 0 atom stereocenters. The van der Waals surface area contributed by atoms with E-state index in [0.717, 1.165) is 24.0 Å².